The number of hydrogen-bond acceptors (Lipinski definition) is 3. The van der Waals surface area contributed by atoms with Crippen LogP contribution in [0.4, 0.5) is 4.79 Å². The molecule has 0 saturated carbocycles. The summed E-state index contributed by atoms with van der Waals surface area (Å²) >= 11 is 8.22. The van der Waals surface area contributed by atoms with Crippen LogP contribution in [0.2, 0.25) is 0 Å². The van der Waals surface area contributed by atoms with E-state index in [4.69, 9.17) is 0 Å². The van der Waals surface area contributed by atoms with Gasteiger partial charge in [-0.3, -0.25) is 9.69 Å². The maximum Gasteiger partial charge on any atom is 0.329 e. The third-order valence-corrected chi connectivity index (χ3v) is 5.26. The number of hydrogen-bond donors (Lipinski definition) is 1. The van der Waals surface area contributed by atoms with Crippen LogP contribution in [0, 0.1) is 0 Å². The van der Waals surface area contributed by atoms with Gasteiger partial charge in [-0.15, -0.1) is 11.3 Å². The average Bonchev–Trinajstić information content (AvgIpc) is 3.00. The van der Waals surface area contributed by atoms with Crippen LogP contribution in [0.3, 0.4) is 0 Å². The number of urea groups is 1. The van der Waals surface area contributed by atoms with Gasteiger partial charge in [0.25, 0.3) is 5.91 Å². The summed E-state index contributed by atoms with van der Waals surface area (Å²) in [4.78, 5) is 26.5. The second-order valence-electron chi connectivity index (χ2n) is 4.67. The molecule has 1 aliphatic rings. The smallest absolute Gasteiger partial charge is 0.303 e. The molecule has 1 aromatic carbocycles. The Labute approximate surface area is 148 Å². The minimum absolute atomic E-state index is 0.253. The Hall–Kier alpha value is -1.44. The van der Waals surface area contributed by atoms with Gasteiger partial charge >= 0.3 is 6.03 Å². The van der Waals surface area contributed by atoms with Gasteiger partial charge in [-0.1, -0.05) is 28.1 Å². The summed E-state index contributed by atoms with van der Waals surface area (Å²) in [6.45, 7) is 0.253. The molecule has 0 unspecified atom stereocenters. The van der Waals surface area contributed by atoms with Crippen molar-refractivity contribution in [2.24, 2.45) is 0 Å². The molecule has 3 amide bonds. The minimum Gasteiger partial charge on any atom is -0.303 e. The fraction of sp³-hybridized carbons (Fsp3) is 0.0667. The van der Waals surface area contributed by atoms with E-state index in [0.29, 0.717) is 5.70 Å². The number of thiophene rings is 1. The van der Waals surface area contributed by atoms with E-state index in [-0.39, 0.29) is 12.5 Å². The van der Waals surface area contributed by atoms with Crippen molar-refractivity contribution in [1.29, 1.82) is 0 Å². The summed E-state index contributed by atoms with van der Waals surface area (Å²) < 4.78 is 1.91. The molecule has 1 N–H and O–H groups in total. The zero-order valence-corrected chi connectivity index (χ0v) is 15.2. The van der Waals surface area contributed by atoms with Crippen molar-refractivity contribution < 1.29 is 9.59 Å². The summed E-state index contributed by atoms with van der Waals surface area (Å²) in [5.74, 6) is -0.308. The first kappa shape index (κ1) is 15.5. The first-order chi connectivity index (χ1) is 10.5. The number of nitrogens with zero attached hydrogens (tertiary/aromatic N) is 1. The van der Waals surface area contributed by atoms with Crippen LogP contribution < -0.4 is 5.32 Å². The van der Waals surface area contributed by atoms with Crippen LogP contribution in [0.25, 0.3) is 6.08 Å². The lowest BCUT2D eigenvalue weighted by Crippen LogP contribution is -2.30. The molecule has 1 aliphatic heterocycles. The number of rotatable bonds is 3. The summed E-state index contributed by atoms with van der Waals surface area (Å²) in [5, 5.41) is 4.55. The number of nitrogens with one attached hydrogen (secondary N) is 1. The summed E-state index contributed by atoms with van der Waals surface area (Å²) in [6.07, 6.45) is 1.69. The van der Waals surface area contributed by atoms with Crippen molar-refractivity contribution in [3.63, 3.8) is 0 Å². The number of halogens is 2. The molecule has 3 rings (SSSR count). The quantitative estimate of drug-likeness (QED) is 0.568. The maximum absolute atomic E-state index is 12.4. The van der Waals surface area contributed by atoms with E-state index in [2.05, 4.69) is 37.2 Å². The van der Waals surface area contributed by atoms with E-state index in [1.807, 2.05) is 35.7 Å². The summed E-state index contributed by atoms with van der Waals surface area (Å²) in [6, 6.07) is 9.02. The van der Waals surface area contributed by atoms with E-state index in [0.717, 1.165) is 19.4 Å². The van der Waals surface area contributed by atoms with Gasteiger partial charge in [0.05, 0.1) is 6.54 Å². The summed E-state index contributed by atoms with van der Waals surface area (Å²) in [5.41, 5.74) is 1.20. The Morgan fingerprint density at radius 2 is 1.86 bits per heavy atom. The predicted octanol–water partition coefficient (Wildman–Crippen LogP) is 4.37. The molecule has 4 nitrogen and oxygen atoms in total. The highest BCUT2D eigenvalue weighted by Gasteiger charge is 2.33. The van der Waals surface area contributed by atoms with Gasteiger partial charge < -0.3 is 5.32 Å². The lowest BCUT2D eigenvalue weighted by molar-refractivity contribution is -0.123. The molecule has 0 atom stereocenters. The highest BCUT2D eigenvalue weighted by Crippen LogP contribution is 2.24. The largest absolute Gasteiger partial charge is 0.329 e. The van der Waals surface area contributed by atoms with Gasteiger partial charge in [0.1, 0.15) is 5.70 Å². The highest BCUT2D eigenvalue weighted by atomic mass is 79.9. The van der Waals surface area contributed by atoms with Crippen molar-refractivity contribution >= 4 is 61.2 Å². The van der Waals surface area contributed by atoms with Gasteiger partial charge in [0.2, 0.25) is 0 Å². The predicted molar refractivity (Wildman–Crippen MR) is 93.2 cm³/mol. The van der Waals surface area contributed by atoms with E-state index < -0.39 is 6.03 Å². The van der Waals surface area contributed by atoms with Gasteiger partial charge in [-0.05, 0) is 45.8 Å². The average molecular weight is 442 g/mol. The third kappa shape index (κ3) is 3.31. The molecule has 1 aromatic heterocycles. The SMILES string of the molecule is O=C1NC(=Cc2cc(Br)cs2)C(=O)N1Cc1ccc(Br)cc1. The topological polar surface area (TPSA) is 49.4 Å². The molecule has 1 fully saturated rings. The fourth-order valence-electron chi connectivity index (χ4n) is 2.03. The van der Waals surface area contributed by atoms with Crippen LogP contribution >= 0.6 is 43.2 Å². The Bertz CT molecular complexity index is 768. The summed E-state index contributed by atoms with van der Waals surface area (Å²) in [7, 11) is 0. The lowest BCUT2D eigenvalue weighted by atomic mass is 10.2. The van der Waals surface area contributed by atoms with Crippen LogP contribution in [-0.2, 0) is 11.3 Å². The molecule has 0 spiro atoms. The molecular weight excluding hydrogens is 432 g/mol. The first-order valence-corrected chi connectivity index (χ1v) is 8.82. The molecule has 22 heavy (non-hydrogen) atoms. The van der Waals surface area contributed by atoms with Crippen molar-refractivity contribution in [2.45, 2.75) is 6.54 Å². The molecule has 1 saturated heterocycles. The Morgan fingerprint density at radius 1 is 1.14 bits per heavy atom. The molecule has 2 aromatic rings. The molecule has 2 heterocycles. The maximum atomic E-state index is 12.4. The molecule has 0 bridgehead atoms. The van der Waals surface area contributed by atoms with Crippen LogP contribution in [0.15, 0.2) is 50.4 Å². The van der Waals surface area contributed by atoms with Crippen LogP contribution in [0.5, 0.6) is 0 Å². The molecule has 112 valence electrons. The van der Waals surface area contributed by atoms with Crippen molar-refractivity contribution in [3.8, 4) is 0 Å². The minimum atomic E-state index is -0.394. The lowest BCUT2D eigenvalue weighted by Gasteiger charge is -2.11. The number of amides is 3. The van der Waals surface area contributed by atoms with Gasteiger partial charge in [-0.25, -0.2) is 4.79 Å². The normalized spacial score (nSPS) is 16.5. The Kier molecular flexibility index (Phi) is 4.46. The Morgan fingerprint density at radius 3 is 2.50 bits per heavy atom. The first-order valence-electron chi connectivity index (χ1n) is 6.36. The number of carbonyl (C=O) groups is 2. The monoisotopic (exact) mass is 440 g/mol. The van der Waals surface area contributed by atoms with E-state index >= 15 is 0 Å². The number of benzene rings is 1. The molecular formula is C15H10Br2N2O2S. The zero-order chi connectivity index (χ0) is 15.7. The van der Waals surface area contributed by atoms with E-state index in [1.165, 1.54) is 16.2 Å². The number of carbonyl (C=O) groups excluding carboxylic acids is 2. The Balaban J connectivity index is 1.79. The van der Waals surface area contributed by atoms with Crippen LogP contribution in [0.1, 0.15) is 10.4 Å². The second-order valence-corrected chi connectivity index (χ2v) is 7.45. The van der Waals surface area contributed by atoms with Crippen LogP contribution in [-0.4, -0.2) is 16.8 Å². The molecule has 0 aliphatic carbocycles. The van der Waals surface area contributed by atoms with Crippen molar-refractivity contribution in [2.75, 3.05) is 0 Å². The van der Waals surface area contributed by atoms with Gasteiger partial charge in [-0.2, -0.15) is 0 Å². The molecule has 7 heteroatoms. The molecule has 0 radical (unpaired) electrons. The third-order valence-electron chi connectivity index (χ3n) is 3.09. The second kappa shape index (κ2) is 6.36. The number of imide groups is 1. The zero-order valence-electron chi connectivity index (χ0n) is 11.2. The van der Waals surface area contributed by atoms with Crippen molar-refractivity contribution in [1.82, 2.24) is 10.2 Å². The van der Waals surface area contributed by atoms with E-state index in [1.54, 1.807) is 6.08 Å². The van der Waals surface area contributed by atoms with Gasteiger partial charge in [0.15, 0.2) is 0 Å². The standard InChI is InChI=1S/C15H10Br2N2O2S/c16-10-3-1-9(2-4-10)7-19-14(20)13(18-15(19)21)6-12-5-11(17)8-22-12/h1-6,8H,7H2,(H,18,21). The van der Waals surface area contributed by atoms with E-state index in [9.17, 15) is 9.59 Å². The van der Waals surface area contributed by atoms with Crippen molar-refractivity contribution in [3.05, 3.63) is 60.8 Å². The van der Waals surface area contributed by atoms with Gasteiger partial charge in [0, 0.05) is 19.2 Å². The fourth-order valence-corrected chi connectivity index (χ4v) is 3.67. The highest BCUT2D eigenvalue weighted by molar-refractivity contribution is 9.10.